The molecule has 0 saturated carbocycles. The highest BCUT2D eigenvalue weighted by Crippen LogP contribution is 2.33. The van der Waals surface area contributed by atoms with E-state index in [1.165, 1.54) is 0 Å². The van der Waals surface area contributed by atoms with Gasteiger partial charge in [0.1, 0.15) is 11.2 Å². The minimum Gasteiger partial charge on any atom is -0.454 e. The van der Waals surface area contributed by atoms with Crippen molar-refractivity contribution in [2.24, 2.45) is 0 Å². The van der Waals surface area contributed by atoms with Crippen LogP contribution in [0.4, 0.5) is 0 Å². The number of para-hydroxylation sites is 1. The van der Waals surface area contributed by atoms with E-state index in [1.54, 1.807) is 12.4 Å². The van der Waals surface area contributed by atoms with Crippen LogP contribution in [0.5, 0.6) is 0 Å². The van der Waals surface area contributed by atoms with Gasteiger partial charge in [-0.25, -0.2) is 4.98 Å². The summed E-state index contributed by atoms with van der Waals surface area (Å²) in [6, 6.07) is 20.2. The van der Waals surface area contributed by atoms with Crippen LogP contribution >= 0.6 is 0 Å². The van der Waals surface area contributed by atoms with Crippen LogP contribution in [-0.4, -0.2) is 9.97 Å². The van der Waals surface area contributed by atoms with Crippen LogP contribution in [-0.2, 0) is 0 Å². The molecular weight excluding hydrogens is 324 g/mol. The Bertz CT molecular complexity index is 1330. The monoisotopic (exact) mass is 336 g/mol. The van der Waals surface area contributed by atoms with Crippen molar-refractivity contribution in [1.29, 1.82) is 0 Å². The van der Waals surface area contributed by atoms with Crippen LogP contribution in [0.15, 0.2) is 81.9 Å². The lowest BCUT2D eigenvalue weighted by molar-refractivity contribution is 0.654. The number of rotatable bonds is 1. The van der Waals surface area contributed by atoms with E-state index in [9.17, 15) is 0 Å². The highest BCUT2D eigenvalue weighted by atomic mass is 16.3. The van der Waals surface area contributed by atoms with Crippen molar-refractivity contribution in [1.82, 2.24) is 9.97 Å². The summed E-state index contributed by atoms with van der Waals surface area (Å²) in [7, 11) is 0. The Hall–Kier alpha value is -3.66. The van der Waals surface area contributed by atoms with Crippen molar-refractivity contribution in [3.63, 3.8) is 0 Å². The molecule has 4 nitrogen and oxygen atoms in total. The molecule has 0 unspecified atom stereocenters. The maximum absolute atomic E-state index is 5.94. The molecule has 4 heteroatoms. The lowest BCUT2D eigenvalue weighted by atomic mass is 10.1. The van der Waals surface area contributed by atoms with Crippen molar-refractivity contribution >= 4 is 44.0 Å². The number of aromatic nitrogens is 2. The maximum atomic E-state index is 5.94. The smallest absolute Gasteiger partial charge is 0.227 e. The minimum absolute atomic E-state index is 0.651. The average molecular weight is 336 g/mol. The van der Waals surface area contributed by atoms with Gasteiger partial charge in [-0.15, -0.1) is 0 Å². The second-order valence-electron chi connectivity index (χ2n) is 6.33. The number of pyridine rings is 2. The summed E-state index contributed by atoms with van der Waals surface area (Å²) >= 11 is 0. The second kappa shape index (κ2) is 4.92. The molecule has 0 bridgehead atoms. The molecule has 0 aliphatic carbocycles. The zero-order valence-corrected chi connectivity index (χ0v) is 13.6. The molecule has 0 spiro atoms. The van der Waals surface area contributed by atoms with Gasteiger partial charge >= 0.3 is 0 Å². The summed E-state index contributed by atoms with van der Waals surface area (Å²) in [6.45, 7) is 0. The van der Waals surface area contributed by atoms with Crippen LogP contribution in [0.3, 0.4) is 0 Å². The van der Waals surface area contributed by atoms with Gasteiger partial charge in [0.05, 0.1) is 11.9 Å². The third-order valence-electron chi connectivity index (χ3n) is 4.82. The first-order chi connectivity index (χ1) is 12.9. The van der Waals surface area contributed by atoms with Gasteiger partial charge in [0, 0.05) is 33.3 Å². The summed E-state index contributed by atoms with van der Waals surface area (Å²) in [5.41, 5.74) is 4.98. The molecule has 0 aliphatic rings. The predicted octanol–water partition coefficient (Wildman–Crippen LogP) is 5.94. The third-order valence-corrected chi connectivity index (χ3v) is 4.82. The predicted molar refractivity (Wildman–Crippen MR) is 102 cm³/mol. The Morgan fingerprint density at radius 2 is 1.50 bits per heavy atom. The molecule has 0 radical (unpaired) electrons. The van der Waals surface area contributed by atoms with Crippen molar-refractivity contribution < 1.29 is 8.83 Å². The lowest BCUT2D eigenvalue weighted by Gasteiger charge is -2.00. The van der Waals surface area contributed by atoms with Crippen molar-refractivity contribution in [3.05, 3.63) is 73.1 Å². The fraction of sp³-hybridized carbons (Fsp3) is 0. The SMILES string of the molecule is c1ccc2c(c1)oc1nc(-c3ccc4c(c3)oc3cnccc34)ccc12. The molecule has 0 atom stereocenters. The molecular formula is C22H12N2O2. The van der Waals surface area contributed by atoms with Gasteiger partial charge in [0.15, 0.2) is 5.58 Å². The summed E-state index contributed by atoms with van der Waals surface area (Å²) in [6.07, 6.45) is 3.52. The maximum Gasteiger partial charge on any atom is 0.227 e. The largest absolute Gasteiger partial charge is 0.454 e. The number of fused-ring (bicyclic) bond motifs is 6. The second-order valence-corrected chi connectivity index (χ2v) is 6.33. The first kappa shape index (κ1) is 13.6. The quantitative estimate of drug-likeness (QED) is 0.373. The van der Waals surface area contributed by atoms with Crippen LogP contribution in [0.2, 0.25) is 0 Å². The molecule has 4 aromatic heterocycles. The standard InChI is InChI=1S/C22H12N2O2/c1-2-4-19-14(3-1)17-7-8-18(24-22(17)26-19)13-5-6-15-16-9-10-23-12-21(16)25-20(15)11-13/h1-12H. The Morgan fingerprint density at radius 1 is 0.654 bits per heavy atom. The number of hydrogen-bond donors (Lipinski definition) is 0. The van der Waals surface area contributed by atoms with E-state index in [1.807, 2.05) is 36.4 Å². The van der Waals surface area contributed by atoms with Gasteiger partial charge in [-0.1, -0.05) is 24.3 Å². The van der Waals surface area contributed by atoms with E-state index in [0.29, 0.717) is 5.71 Å². The van der Waals surface area contributed by atoms with Crippen LogP contribution in [0.25, 0.3) is 55.3 Å². The molecule has 26 heavy (non-hydrogen) atoms. The molecule has 6 aromatic rings. The van der Waals surface area contributed by atoms with E-state index in [4.69, 9.17) is 13.8 Å². The fourth-order valence-corrected chi connectivity index (χ4v) is 3.56. The van der Waals surface area contributed by atoms with Gasteiger partial charge in [0.25, 0.3) is 0 Å². The van der Waals surface area contributed by atoms with Gasteiger partial charge in [-0.2, -0.15) is 0 Å². The number of benzene rings is 2. The number of nitrogens with zero attached hydrogens (tertiary/aromatic N) is 2. The highest BCUT2D eigenvalue weighted by Gasteiger charge is 2.12. The average Bonchev–Trinajstić information content (AvgIpc) is 3.24. The first-order valence-corrected chi connectivity index (χ1v) is 8.42. The first-order valence-electron chi connectivity index (χ1n) is 8.42. The van der Waals surface area contributed by atoms with Crippen molar-refractivity contribution in [2.75, 3.05) is 0 Å². The molecule has 0 saturated heterocycles. The van der Waals surface area contributed by atoms with Gasteiger partial charge in [-0.3, -0.25) is 4.98 Å². The molecule has 4 heterocycles. The summed E-state index contributed by atoms with van der Waals surface area (Å²) in [5.74, 6) is 0. The molecule has 0 aliphatic heterocycles. The van der Waals surface area contributed by atoms with Crippen LogP contribution < -0.4 is 0 Å². The van der Waals surface area contributed by atoms with E-state index >= 15 is 0 Å². The van der Waals surface area contributed by atoms with E-state index in [0.717, 1.165) is 49.6 Å². The Labute approximate surface area is 147 Å². The molecule has 0 N–H and O–H groups in total. The molecule has 6 rings (SSSR count). The van der Waals surface area contributed by atoms with Gasteiger partial charge in [-0.05, 0) is 36.4 Å². The molecule has 0 fully saturated rings. The molecule has 122 valence electrons. The molecule has 0 amide bonds. The normalized spacial score (nSPS) is 11.8. The zero-order chi connectivity index (χ0) is 17.1. The molecule has 2 aromatic carbocycles. The van der Waals surface area contributed by atoms with Gasteiger partial charge < -0.3 is 8.83 Å². The minimum atomic E-state index is 0.651. The van der Waals surface area contributed by atoms with E-state index < -0.39 is 0 Å². The van der Waals surface area contributed by atoms with Crippen LogP contribution in [0.1, 0.15) is 0 Å². The third kappa shape index (κ3) is 1.84. The van der Waals surface area contributed by atoms with Gasteiger partial charge in [0.2, 0.25) is 5.71 Å². The van der Waals surface area contributed by atoms with Crippen LogP contribution in [0, 0.1) is 0 Å². The Balaban J connectivity index is 1.57. The van der Waals surface area contributed by atoms with Crippen molar-refractivity contribution in [3.8, 4) is 11.3 Å². The Kier molecular flexibility index (Phi) is 2.58. The van der Waals surface area contributed by atoms with E-state index in [-0.39, 0.29) is 0 Å². The number of furan rings is 2. The highest BCUT2D eigenvalue weighted by molar-refractivity contribution is 6.06. The number of hydrogen-bond acceptors (Lipinski definition) is 4. The van der Waals surface area contributed by atoms with Crippen molar-refractivity contribution in [2.45, 2.75) is 0 Å². The Morgan fingerprint density at radius 3 is 2.50 bits per heavy atom. The zero-order valence-electron chi connectivity index (χ0n) is 13.6. The summed E-state index contributed by atoms with van der Waals surface area (Å²) in [5, 5.41) is 4.26. The lowest BCUT2D eigenvalue weighted by Crippen LogP contribution is -1.83. The summed E-state index contributed by atoms with van der Waals surface area (Å²) in [4.78, 5) is 8.85. The van der Waals surface area contributed by atoms with E-state index in [2.05, 4.69) is 29.2 Å². The topological polar surface area (TPSA) is 52.1 Å². The summed E-state index contributed by atoms with van der Waals surface area (Å²) < 4.78 is 11.8. The fourth-order valence-electron chi connectivity index (χ4n) is 3.56.